The van der Waals surface area contributed by atoms with Crippen molar-refractivity contribution in [2.24, 2.45) is 16.7 Å². The van der Waals surface area contributed by atoms with E-state index in [1.165, 1.54) is 19.1 Å². The molecule has 7 rings (SSSR count). The maximum Gasteiger partial charge on any atom is 0.338 e. The largest absolute Gasteiger partial charge is 0.456 e. The summed E-state index contributed by atoms with van der Waals surface area (Å²) in [5, 5.41) is 28.5. The summed E-state index contributed by atoms with van der Waals surface area (Å²) >= 11 is 0. The quantitative estimate of drug-likeness (QED) is 0.0931. The summed E-state index contributed by atoms with van der Waals surface area (Å²) in [6, 6.07) is 23.3. The molecular weight excluding hydrogens is 837 g/mol. The van der Waals surface area contributed by atoms with E-state index in [9.17, 15) is 34.2 Å². The fraction of sp³-hybridized carbons (Fsp3) is 0.469. The lowest BCUT2D eigenvalue weighted by molar-refractivity contribution is -0.344. The van der Waals surface area contributed by atoms with Crippen molar-refractivity contribution in [3.05, 3.63) is 119 Å². The number of fused-ring (bicyclic) bond motifs is 5. The lowest BCUT2D eigenvalue weighted by Crippen LogP contribution is -2.82. The van der Waals surface area contributed by atoms with Crippen molar-refractivity contribution < 1.29 is 67.3 Å². The normalized spacial score (nSPS) is 30.9. The van der Waals surface area contributed by atoms with Gasteiger partial charge >= 0.3 is 23.9 Å². The molecule has 4 aliphatic rings. The van der Waals surface area contributed by atoms with Gasteiger partial charge in [-0.15, -0.1) is 0 Å². The molecule has 0 aromatic heterocycles. The van der Waals surface area contributed by atoms with Gasteiger partial charge in [0.2, 0.25) is 0 Å². The van der Waals surface area contributed by atoms with Gasteiger partial charge in [-0.1, -0.05) is 93.8 Å². The van der Waals surface area contributed by atoms with Gasteiger partial charge in [0.15, 0.2) is 23.6 Å². The molecule has 15 nitrogen and oxygen atoms in total. The Hall–Kier alpha value is -5.68. The molecule has 0 spiro atoms. The predicted molar refractivity (Wildman–Crippen MR) is 234 cm³/mol. The summed E-state index contributed by atoms with van der Waals surface area (Å²) in [4.78, 5) is 84.7. The van der Waals surface area contributed by atoms with Crippen LogP contribution >= 0.6 is 0 Å². The van der Waals surface area contributed by atoms with Crippen molar-refractivity contribution in [3.63, 3.8) is 0 Å². The maximum absolute atomic E-state index is 15.9. The van der Waals surface area contributed by atoms with Crippen LogP contribution in [0, 0.1) is 16.7 Å². The first-order valence-electron chi connectivity index (χ1n) is 21.9. The number of ketones is 1. The van der Waals surface area contributed by atoms with Gasteiger partial charge in [-0.05, 0) is 54.8 Å². The number of benzene rings is 3. The number of ether oxygens (including phenoxy) is 5. The third-order valence-electron chi connectivity index (χ3n) is 14.0. The molecule has 3 fully saturated rings. The van der Waals surface area contributed by atoms with E-state index in [0.29, 0.717) is 11.9 Å². The Labute approximate surface area is 378 Å². The number of rotatable bonds is 13. The Morgan fingerprint density at radius 1 is 0.862 bits per heavy atom. The van der Waals surface area contributed by atoms with Gasteiger partial charge in [-0.3, -0.25) is 19.2 Å². The Balaban J connectivity index is 1.41. The third kappa shape index (κ3) is 8.30. The van der Waals surface area contributed by atoms with Crippen molar-refractivity contribution in [3.8, 4) is 0 Å². The molecule has 1 amide bonds. The topological polar surface area (TPSA) is 210 Å². The molecule has 344 valence electrons. The van der Waals surface area contributed by atoms with Gasteiger partial charge in [0.1, 0.15) is 23.9 Å². The Bertz CT molecular complexity index is 2340. The average Bonchev–Trinajstić information content (AvgIpc) is 3.27. The van der Waals surface area contributed by atoms with Crippen LogP contribution in [-0.2, 0) is 47.5 Å². The first-order chi connectivity index (χ1) is 30.8. The highest BCUT2D eigenvalue weighted by atomic mass is 16.6. The number of Topliss-reactive ketones (excluding diaryl/α,β-unsaturated/α-hetero) is 1. The van der Waals surface area contributed by atoms with Crippen LogP contribution in [0.15, 0.2) is 102 Å². The summed E-state index contributed by atoms with van der Waals surface area (Å²) in [5.74, 6) is -6.35. The van der Waals surface area contributed by atoms with Gasteiger partial charge in [-0.2, -0.15) is 0 Å². The van der Waals surface area contributed by atoms with Crippen molar-refractivity contribution in [2.45, 2.75) is 121 Å². The third-order valence-corrected chi connectivity index (χ3v) is 14.0. The van der Waals surface area contributed by atoms with Crippen LogP contribution < -0.4 is 5.32 Å². The molecular formula is C49H56BNO14. The summed E-state index contributed by atoms with van der Waals surface area (Å²) < 4.78 is 37.5. The monoisotopic (exact) mass is 893 g/mol. The zero-order valence-electron chi connectivity index (χ0n) is 37.6. The number of carbonyl (C=O) groups is 6. The van der Waals surface area contributed by atoms with E-state index >= 15 is 4.79 Å². The van der Waals surface area contributed by atoms with E-state index in [0.717, 1.165) is 6.92 Å². The Morgan fingerprint density at radius 3 is 2.02 bits per heavy atom. The molecule has 1 heterocycles. The first-order valence-corrected chi connectivity index (χ1v) is 21.9. The van der Waals surface area contributed by atoms with Gasteiger partial charge in [0.05, 0.1) is 35.6 Å². The highest BCUT2D eigenvalue weighted by Crippen LogP contribution is 2.65. The van der Waals surface area contributed by atoms with Crippen molar-refractivity contribution in [1.82, 2.24) is 5.32 Å². The number of esters is 4. The molecule has 2 saturated carbocycles. The van der Waals surface area contributed by atoms with E-state index in [1.807, 2.05) is 6.92 Å². The lowest BCUT2D eigenvalue weighted by Gasteiger charge is -2.68. The molecule has 3 N–H and O–H groups in total. The molecule has 16 heteroatoms. The predicted octanol–water partition coefficient (Wildman–Crippen LogP) is 4.55. The number of hydrogen-bond donors (Lipinski definition) is 3. The van der Waals surface area contributed by atoms with Crippen LogP contribution in [0.5, 0.6) is 0 Å². The van der Waals surface area contributed by atoms with Crippen molar-refractivity contribution in [1.29, 1.82) is 0 Å². The van der Waals surface area contributed by atoms with E-state index in [4.69, 9.17) is 28.3 Å². The molecule has 3 aromatic carbocycles. The highest BCUT2D eigenvalue weighted by Gasteiger charge is 2.78. The van der Waals surface area contributed by atoms with E-state index in [1.54, 1.807) is 107 Å². The smallest absolute Gasteiger partial charge is 0.338 e. The minimum atomic E-state index is -2.34. The van der Waals surface area contributed by atoms with E-state index in [2.05, 4.69) is 5.32 Å². The van der Waals surface area contributed by atoms with Crippen LogP contribution in [0.4, 0.5) is 0 Å². The molecule has 65 heavy (non-hydrogen) atoms. The Morgan fingerprint density at radius 2 is 1.46 bits per heavy atom. The van der Waals surface area contributed by atoms with Crippen molar-refractivity contribution in [2.75, 3.05) is 6.61 Å². The molecule has 3 aliphatic carbocycles. The van der Waals surface area contributed by atoms with Crippen LogP contribution in [-0.4, -0.2) is 108 Å². The number of aliphatic hydroxyl groups is 2. The van der Waals surface area contributed by atoms with Gasteiger partial charge in [0, 0.05) is 37.7 Å². The zero-order chi connectivity index (χ0) is 47.1. The van der Waals surface area contributed by atoms with E-state index in [-0.39, 0.29) is 42.8 Å². The molecule has 1 unspecified atom stereocenters. The van der Waals surface area contributed by atoms with Crippen LogP contribution in [0.2, 0.25) is 6.32 Å². The number of nitrogens with one attached hydrogen (secondary N) is 1. The number of aliphatic hydroxyl groups excluding tert-OH is 1. The van der Waals surface area contributed by atoms with Crippen LogP contribution in [0.1, 0.15) is 93.6 Å². The zero-order valence-corrected chi connectivity index (χ0v) is 37.6. The number of carbonyl (C=O) groups excluding carboxylic acids is 6. The van der Waals surface area contributed by atoms with Crippen LogP contribution in [0.25, 0.3) is 0 Å². The standard InChI is InChI=1S/C49H56BNO14/c1-8-50-65-34-24-35-48(26-60-35,64-29(4)53)40-42(63-44(57)32-22-16-11-17-23-32)49(59)25-33(27(2)36(46(49,5)6)39(61-28(3)52)41(55)47(34,40)7)62-45(58)38(54)37(30-18-12-9-13-19-30)51-43(56)31-20-14-10-15-21-31/h9-23,33-35,37-40,42,50,54,59H,8,24-26H2,1-7H3,(H,51,56)/t33?,34-,35+,37-,38+,39+,40-,42-,47+,48-,49+/m0/s1. The van der Waals surface area contributed by atoms with E-state index < -0.39 is 113 Å². The summed E-state index contributed by atoms with van der Waals surface area (Å²) in [7, 11) is 0.188. The second-order valence-electron chi connectivity index (χ2n) is 18.2. The fourth-order valence-corrected chi connectivity index (χ4v) is 10.7. The van der Waals surface area contributed by atoms with Crippen molar-refractivity contribution >= 4 is 43.0 Å². The second-order valence-corrected chi connectivity index (χ2v) is 18.2. The molecule has 3 aromatic rings. The fourth-order valence-electron chi connectivity index (χ4n) is 10.7. The number of amides is 1. The molecule has 11 atom stereocenters. The highest BCUT2D eigenvalue weighted by molar-refractivity contribution is 6.27. The van der Waals surface area contributed by atoms with Gasteiger partial charge in [0.25, 0.3) is 13.4 Å². The lowest BCUT2D eigenvalue weighted by atomic mass is 9.44. The molecule has 0 radical (unpaired) electrons. The summed E-state index contributed by atoms with van der Waals surface area (Å²) in [6.07, 6.45) is -8.74. The van der Waals surface area contributed by atoms with Gasteiger partial charge in [-0.25, -0.2) is 9.59 Å². The number of hydrogen-bond acceptors (Lipinski definition) is 14. The Kier molecular flexibility index (Phi) is 13.3. The maximum atomic E-state index is 15.9. The molecule has 1 saturated heterocycles. The SMILES string of the molecule is CCBO[C@H]1C[C@H]2OC[C@@]2(OC(C)=O)[C@H]2[C@H](OC(=O)c3ccccc3)[C@]3(O)CC(OC(=O)[C@H](O)[C@@H](NC(=O)c4ccccc4)c4ccccc4)C(C)=C([C@@H](OC(C)=O)C(=O)[C@]12C)C3(C)C. The summed E-state index contributed by atoms with van der Waals surface area (Å²) in [5.41, 5.74) is -6.43. The second kappa shape index (κ2) is 18.3. The summed E-state index contributed by atoms with van der Waals surface area (Å²) in [6.45, 7) is 10.4. The first kappa shape index (κ1) is 47.3. The minimum absolute atomic E-state index is 0.0551. The van der Waals surface area contributed by atoms with Crippen LogP contribution in [0.3, 0.4) is 0 Å². The molecule has 2 bridgehead atoms. The average molecular weight is 894 g/mol. The molecule has 1 aliphatic heterocycles. The minimum Gasteiger partial charge on any atom is -0.456 e. The van der Waals surface area contributed by atoms with Gasteiger partial charge < -0.3 is 43.9 Å².